The molecule has 0 spiro atoms. The zero-order valence-corrected chi connectivity index (χ0v) is 18.5. The number of nitrogens with one attached hydrogen (secondary N) is 1. The Morgan fingerprint density at radius 2 is 1.82 bits per heavy atom. The summed E-state index contributed by atoms with van der Waals surface area (Å²) >= 11 is 0. The summed E-state index contributed by atoms with van der Waals surface area (Å²) in [5, 5.41) is 2.79. The number of benzene rings is 3. The summed E-state index contributed by atoms with van der Waals surface area (Å²) in [4.78, 5) is 39.1. The minimum atomic E-state index is -0.675. The third kappa shape index (κ3) is 5.40. The highest BCUT2D eigenvalue weighted by molar-refractivity contribution is 6.05. The van der Waals surface area contributed by atoms with Crippen LogP contribution in [0.5, 0.6) is 5.75 Å². The predicted octanol–water partition coefficient (Wildman–Crippen LogP) is 4.33. The number of rotatable bonds is 6. The predicted molar refractivity (Wildman–Crippen MR) is 124 cm³/mol. The van der Waals surface area contributed by atoms with E-state index >= 15 is 0 Å². The smallest absolute Gasteiger partial charge is 0.338 e. The Morgan fingerprint density at radius 1 is 1.06 bits per heavy atom. The summed E-state index contributed by atoms with van der Waals surface area (Å²) in [5.74, 6) is -1.20. The van der Waals surface area contributed by atoms with Crippen LogP contribution in [0.4, 0.5) is 15.8 Å². The molecule has 1 unspecified atom stereocenters. The Bertz CT molecular complexity index is 1210. The number of fused-ring (bicyclic) bond motifs is 1. The minimum Gasteiger partial charge on any atom is -0.489 e. The molecule has 3 aromatic carbocycles. The number of hydrogen-bond acceptors (Lipinski definition) is 5. The Balaban J connectivity index is 1.39. The SMILES string of the molecule is CC1CC(=O)Nc2ccccc2N1C(=O)COC(=O)c1cccc(OCc2ccc(F)cc2)c1. The first-order valence-electron chi connectivity index (χ1n) is 10.8. The first-order valence-corrected chi connectivity index (χ1v) is 10.8. The maximum absolute atomic E-state index is 13.0. The summed E-state index contributed by atoms with van der Waals surface area (Å²) in [7, 11) is 0. The van der Waals surface area contributed by atoms with Crippen LogP contribution in [0.1, 0.15) is 29.3 Å². The zero-order valence-electron chi connectivity index (χ0n) is 18.5. The molecule has 1 N–H and O–H groups in total. The molecule has 0 saturated heterocycles. The van der Waals surface area contributed by atoms with Crippen molar-refractivity contribution in [3.05, 3.63) is 89.7 Å². The van der Waals surface area contributed by atoms with Gasteiger partial charge in [0.25, 0.3) is 5.91 Å². The van der Waals surface area contributed by atoms with Crippen molar-refractivity contribution in [3.8, 4) is 5.75 Å². The van der Waals surface area contributed by atoms with Crippen LogP contribution in [-0.4, -0.2) is 30.4 Å². The third-order valence-corrected chi connectivity index (χ3v) is 5.34. The number of halogens is 1. The van der Waals surface area contributed by atoms with Gasteiger partial charge in [0, 0.05) is 12.5 Å². The van der Waals surface area contributed by atoms with Crippen LogP contribution in [-0.2, 0) is 20.9 Å². The fourth-order valence-corrected chi connectivity index (χ4v) is 3.71. The van der Waals surface area contributed by atoms with Gasteiger partial charge in [0.1, 0.15) is 18.2 Å². The zero-order chi connectivity index (χ0) is 24.1. The molecule has 174 valence electrons. The lowest BCUT2D eigenvalue weighted by atomic mass is 10.1. The van der Waals surface area contributed by atoms with Gasteiger partial charge in [-0.1, -0.05) is 30.3 Å². The normalized spacial score (nSPS) is 15.1. The maximum Gasteiger partial charge on any atom is 0.338 e. The number of nitrogens with zero attached hydrogens (tertiary/aromatic N) is 1. The molecule has 1 heterocycles. The van der Waals surface area contributed by atoms with Gasteiger partial charge in [-0.25, -0.2) is 9.18 Å². The molecule has 3 aromatic rings. The van der Waals surface area contributed by atoms with E-state index in [9.17, 15) is 18.8 Å². The molecule has 2 amide bonds. The first kappa shape index (κ1) is 23.0. The fourth-order valence-electron chi connectivity index (χ4n) is 3.71. The molecule has 34 heavy (non-hydrogen) atoms. The van der Waals surface area contributed by atoms with Crippen LogP contribution in [0.15, 0.2) is 72.8 Å². The van der Waals surface area contributed by atoms with Crippen molar-refractivity contribution in [3.63, 3.8) is 0 Å². The number of para-hydroxylation sites is 2. The lowest BCUT2D eigenvalue weighted by Crippen LogP contribution is -2.41. The Morgan fingerprint density at radius 3 is 2.62 bits per heavy atom. The van der Waals surface area contributed by atoms with E-state index in [1.165, 1.54) is 23.1 Å². The monoisotopic (exact) mass is 462 g/mol. The van der Waals surface area contributed by atoms with Gasteiger partial charge in [-0.2, -0.15) is 0 Å². The number of hydrogen-bond donors (Lipinski definition) is 1. The van der Waals surface area contributed by atoms with Crippen molar-refractivity contribution < 1.29 is 28.2 Å². The van der Waals surface area contributed by atoms with E-state index in [0.717, 1.165) is 5.56 Å². The van der Waals surface area contributed by atoms with Crippen LogP contribution in [0, 0.1) is 5.82 Å². The summed E-state index contributed by atoms with van der Waals surface area (Å²) < 4.78 is 24.0. The van der Waals surface area contributed by atoms with Crippen molar-refractivity contribution in [2.45, 2.75) is 26.0 Å². The van der Waals surface area contributed by atoms with E-state index in [1.807, 2.05) is 0 Å². The highest BCUT2D eigenvalue weighted by Gasteiger charge is 2.30. The van der Waals surface area contributed by atoms with Crippen molar-refractivity contribution in [1.29, 1.82) is 0 Å². The van der Waals surface area contributed by atoms with E-state index in [2.05, 4.69) is 5.32 Å². The minimum absolute atomic E-state index is 0.127. The van der Waals surface area contributed by atoms with Gasteiger partial charge in [0.15, 0.2) is 6.61 Å². The van der Waals surface area contributed by atoms with Crippen molar-refractivity contribution >= 4 is 29.2 Å². The molecular formula is C26H23FN2O5. The van der Waals surface area contributed by atoms with Crippen molar-refractivity contribution in [1.82, 2.24) is 0 Å². The molecule has 0 radical (unpaired) electrons. The molecule has 1 aliphatic rings. The lowest BCUT2D eigenvalue weighted by Gasteiger charge is -2.27. The van der Waals surface area contributed by atoms with E-state index in [4.69, 9.17) is 9.47 Å². The molecule has 1 aliphatic heterocycles. The van der Waals surface area contributed by atoms with Gasteiger partial charge < -0.3 is 19.7 Å². The highest BCUT2D eigenvalue weighted by atomic mass is 19.1. The molecule has 0 fully saturated rings. The second-order valence-electron chi connectivity index (χ2n) is 7.90. The first-order chi connectivity index (χ1) is 16.4. The molecule has 1 atom stereocenters. The molecule has 0 aromatic heterocycles. The molecule has 0 saturated carbocycles. The summed E-state index contributed by atoms with van der Waals surface area (Å²) in [6.07, 6.45) is 0.127. The summed E-state index contributed by atoms with van der Waals surface area (Å²) in [6, 6.07) is 18.9. The molecule has 8 heteroatoms. The van der Waals surface area contributed by atoms with Crippen LogP contribution in [0.2, 0.25) is 0 Å². The van der Waals surface area contributed by atoms with Crippen molar-refractivity contribution in [2.75, 3.05) is 16.8 Å². The molecule has 7 nitrogen and oxygen atoms in total. The summed E-state index contributed by atoms with van der Waals surface area (Å²) in [5.41, 5.74) is 2.09. The van der Waals surface area contributed by atoms with Crippen LogP contribution in [0.3, 0.4) is 0 Å². The number of carbonyl (C=O) groups is 3. The average molecular weight is 462 g/mol. The maximum atomic E-state index is 13.0. The van der Waals surface area contributed by atoms with Gasteiger partial charge in [0.05, 0.1) is 16.9 Å². The van der Waals surface area contributed by atoms with Gasteiger partial charge >= 0.3 is 5.97 Å². The topological polar surface area (TPSA) is 84.9 Å². The number of esters is 1. The van der Waals surface area contributed by atoms with Crippen molar-refractivity contribution in [2.24, 2.45) is 0 Å². The highest BCUT2D eigenvalue weighted by Crippen LogP contribution is 2.31. The Hall–Kier alpha value is -4.20. The molecular weight excluding hydrogens is 439 g/mol. The standard InChI is InChI=1S/C26H23FN2O5/c1-17-13-24(30)28-22-7-2-3-8-23(22)29(17)25(31)16-34-26(32)19-5-4-6-21(14-19)33-15-18-9-11-20(27)12-10-18/h2-12,14,17H,13,15-16H2,1H3,(H,28,30). The quantitative estimate of drug-likeness (QED) is 0.552. The number of amides is 2. The van der Waals surface area contributed by atoms with Crippen LogP contribution < -0.4 is 15.0 Å². The second kappa shape index (κ2) is 10.2. The molecule has 4 rings (SSSR count). The van der Waals surface area contributed by atoms with Crippen LogP contribution in [0.25, 0.3) is 0 Å². The number of carbonyl (C=O) groups excluding carboxylic acids is 3. The number of anilines is 2. The van der Waals surface area contributed by atoms with E-state index in [0.29, 0.717) is 17.1 Å². The van der Waals surface area contributed by atoms with Gasteiger partial charge in [-0.3, -0.25) is 9.59 Å². The fraction of sp³-hybridized carbons (Fsp3) is 0.192. The van der Waals surface area contributed by atoms with Gasteiger partial charge in [-0.15, -0.1) is 0 Å². The second-order valence-corrected chi connectivity index (χ2v) is 7.90. The lowest BCUT2D eigenvalue weighted by molar-refractivity contribution is -0.122. The molecule has 0 aliphatic carbocycles. The Labute approximate surface area is 196 Å². The third-order valence-electron chi connectivity index (χ3n) is 5.34. The average Bonchev–Trinajstić information content (AvgIpc) is 2.96. The van der Waals surface area contributed by atoms with E-state index < -0.39 is 24.5 Å². The largest absolute Gasteiger partial charge is 0.489 e. The van der Waals surface area contributed by atoms with E-state index in [-0.39, 0.29) is 30.3 Å². The van der Waals surface area contributed by atoms with Gasteiger partial charge in [-0.05, 0) is 55.0 Å². The Kier molecular flexibility index (Phi) is 6.87. The van der Waals surface area contributed by atoms with Crippen LogP contribution >= 0.6 is 0 Å². The summed E-state index contributed by atoms with van der Waals surface area (Å²) in [6.45, 7) is 1.49. The van der Waals surface area contributed by atoms with Gasteiger partial charge in [0.2, 0.25) is 5.91 Å². The number of ether oxygens (including phenoxy) is 2. The molecule has 0 bridgehead atoms. The van der Waals surface area contributed by atoms with E-state index in [1.54, 1.807) is 61.5 Å².